The number of halogens is 4. The Kier molecular flexibility index (Phi) is 6.30. The Hall–Kier alpha value is -2.05. The average molecular weight is 411 g/mol. The van der Waals surface area contributed by atoms with Crippen molar-refractivity contribution in [2.24, 2.45) is 5.92 Å². The van der Waals surface area contributed by atoms with Crippen molar-refractivity contribution in [2.75, 3.05) is 18.4 Å². The molecule has 1 aliphatic heterocycles. The smallest absolute Gasteiger partial charge is 0.322 e. The number of amides is 1. The molecule has 0 spiro atoms. The van der Waals surface area contributed by atoms with Gasteiger partial charge in [0.1, 0.15) is 0 Å². The monoisotopic (exact) mass is 410 g/mol. The van der Waals surface area contributed by atoms with Gasteiger partial charge in [0.25, 0.3) is 5.91 Å². The fourth-order valence-corrected chi connectivity index (χ4v) is 3.70. The van der Waals surface area contributed by atoms with Gasteiger partial charge in [-0.1, -0.05) is 30.7 Å². The predicted molar refractivity (Wildman–Crippen MR) is 105 cm³/mol. The summed E-state index contributed by atoms with van der Waals surface area (Å²) in [5.41, 5.74) is 0.571. The highest BCUT2D eigenvalue weighted by Crippen LogP contribution is 2.36. The molecule has 7 heteroatoms. The largest absolute Gasteiger partial charge is 0.417 e. The third-order valence-electron chi connectivity index (χ3n) is 4.89. The minimum Gasteiger partial charge on any atom is -0.322 e. The van der Waals surface area contributed by atoms with Crippen LogP contribution in [0.3, 0.4) is 0 Å². The fourth-order valence-electron chi connectivity index (χ4n) is 3.47. The second-order valence-corrected chi connectivity index (χ2v) is 7.73. The van der Waals surface area contributed by atoms with E-state index in [0.717, 1.165) is 37.3 Å². The molecule has 0 aliphatic carbocycles. The zero-order chi connectivity index (χ0) is 20.3. The molecule has 1 N–H and O–H groups in total. The van der Waals surface area contributed by atoms with E-state index in [4.69, 9.17) is 11.6 Å². The molecular weight excluding hydrogens is 389 g/mol. The maximum absolute atomic E-state index is 12.9. The summed E-state index contributed by atoms with van der Waals surface area (Å²) in [6, 6.07) is 10.5. The van der Waals surface area contributed by atoms with Crippen LogP contribution in [-0.2, 0) is 12.7 Å². The molecule has 0 saturated carbocycles. The first kappa shape index (κ1) is 20.7. The highest BCUT2D eigenvalue weighted by Gasteiger charge is 2.33. The van der Waals surface area contributed by atoms with Crippen LogP contribution in [0.1, 0.15) is 41.3 Å². The Labute approximate surface area is 167 Å². The number of likely N-dealkylation sites (tertiary alicyclic amines) is 1. The molecule has 1 heterocycles. The van der Waals surface area contributed by atoms with E-state index in [2.05, 4.69) is 17.1 Å². The number of anilines is 1. The molecule has 1 fully saturated rings. The zero-order valence-electron chi connectivity index (χ0n) is 15.5. The molecule has 3 nitrogen and oxygen atoms in total. The molecule has 1 atom stereocenters. The summed E-state index contributed by atoms with van der Waals surface area (Å²) in [4.78, 5) is 14.8. The zero-order valence-corrected chi connectivity index (χ0v) is 16.3. The van der Waals surface area contributed by atoms with E-state index in [9.17, 15) is 18.0 Å². The first-order chi connectivity index (χ1) is 13.2. The number of piperidine rings is 1. The number of carbonyl (C=O) groups excluding carboxylic acids is 1. The number of alkyl halides is 3. The summed E-state index contributed by atoms with van der Waals surface area (Å²) in [6.45, 7) is 5.23. The lowest BCUT2D eigenvalue weighted by Crippen LogP contribution is -2.33. The molecule has 1 aliphatic rings. The highest BCUT2D eigenvalue weighted by atomic mass is 35.5. The molecule has 0 unspecified atom stereocenters. The van der Waals surface area contributed by atoms with Gasteiger partial charge in [0.05, 0.1) is 10.6 Å². The van der Waals surface area contributed by atoms with Gasteiger partial charge in [-0.3, -0.25) is 9.69 Å². The van der Waals surface area contributed by atoms with Crippen LogP contribution in [-0.4, -0.2) is 23.9 Å². The maximum atomic E-state index is 12.9. The van der Waals surface area contributed by atoms with Gasteiger partial charge in [0, 0.05) is 24.3 Å². The van der Waals surface area contributed by atoms with Crippen molar-refractivity contribution in [3.05, 3.63) is 64.2 Å². The van der Waals surface area contributed by atoms with Crippen LogP contribution in [0.25, 0.3) is 0 Å². The molecule has 0 radical (unpaired) electrons. The molecular formula is C21H22ClF3N2O. The van der Waals surface area contributed by atoms with Gasteiger partial charge >= 0.3 is 6.18 Å². The van der Waals surface area contributed by atoms with E-state index in [-0.39, 0.29) is 5.69 Å². The van der Waals surface area contributed by atoms with Crippen LogP contribution in [0.5, 0.6) is 0 Å². The number of carbonyl (C=O) groups is 1. The minimum atomic E-state index is -4.58. The maximum Gasteiger partial charge on any atom is 0.417 e. The summed E-state index contributed by atoms with van der Waals surface area (Å²) in [6.07, 6.45) is -2.12. The van der Waals surface area contributed by atoms with E-state index in [1.807, 2.05) is 12.1 Å². The fraction of sp³-hybridized carbons (Fsp3) is 0.381. The quantitative estimate of drug-likeness (QED) is 0.686. The summed E-state index contributed by atoms with van der Waals surface area (Å²) in [5.74, 6) is 0.230. The van der Waals surface area contributed by atoms with Crippen molar-refractivity contribution in [2.45, 2.75) is 32.5 Å². The predicted octanol–water partition coefficient (Wildman–Crippen LogP) is 5.84. The summed E-state index contributed by atoms with van der Waals surface area (Å²) in [5, 5.41) is 2.10. The molecule has 28 heavy (non-hydrogen) atoms. The number of nitrogens with one attached hydrogen (secondary N) is 1. The van der Waals surface area contributed by atoms with Crippen molar-refractivity contribution in [1.29, 1.82) is 0 Å². The van der Waals surface area contributed by atoms with Crippen molar-refractivity contribution in [3.8, 4) is 0 Å². The van der Waals surface area contributed by atoms with Gasteiger partial charge in [-0.05, 0) is 61.2 Å². The number of benzene rings is 2. The highest BCUT2D eigenvalue weighted by molar-refractivity contribution is 6.31. The molecule has 0 bridgehead atoms. The van der Waals surface area contributed by atoms with Crippen LogP contribution < -0.4 is 5.32 Å². The summed E-state index contributed by atoms with van der Waals surface area (Å²) < 4.78 is 38.8. The first-order valence-corrected chi connectivity index (χ1v) is 9.59. The van der Waals surface area contributed by atoms with Crippen LogP contribution >= 0.6 is 11.6 Å². The van der Waals surface area contributed by atoms with Gasteiger partial charge < -0.3 is 5.32 Å². The van der Waals surface area contributed by atoms with Crippen LogP contribution in [0.2, 0.25) is 5.02 Å². The summed E-state index contributed by atoms with van der Waals surface area (Å²) >= 11 is 5.60. The number of rotatable bonds is 4. The Bertz CT molecular complexity index is 837. The van der Waals surface area contributed by atoms with Gasteiger partial charge in [0.15, 0.2) is 0 Å². The second kappa shape index (κ2) is 8.53. The van der Waals surface area contributed by atoms with Crippen molar-refractivity contribution >= 4 is 23.2 Å². The van der Waals surface area contributed by atoms with Gasteiger partial charge in [-0.25, -0.2) is 0 Å². The molecule has 0 aromatic heterocycles. The van der Waals surface area contributed by atoms with Crippen molar-refractivity contribution in [3.63, 3.8) is 0 Å². The Morgan fingerprint density at radius 2 is 1.93 bits per heavy atom. The van der Waals surface area contributed by atoms with Crippen molar-refractivity contribution in [1.82, 2.24) is 4.90 Å². The van der Waals surface area contributed by atoms with Crippen LogP contribution in [0.4, 0.5) is 18.9 Å². The van der Waals surface area contributed by atoms with Gasteiger partial charge in [0.2, 0.25) is 0 Å². The Morgan fingerprint density at radius 1 is 1.21 bits per heavy atom. The Balaban J connectivity index is 1.65. The average Bonchev–Trinajstić information content (AvgIpc) is 2.63. The molecule has 1 amide bonds. The minimum absolute atomic E-state index is 0.0492. The van der Waals surface area contributed by atoms with Crippen LogP contribution in [0.15, 0.2) is 42.5 Å². The molecule has 3 rings (SSSR count). The molecule has 150 valence electrons. The number of nitrogens with zero attached hydrogens (tertiary/aromatic N) is 1. The van der Waals surface area contributed by atoms with E-state index in [1.165, 1.54) is 18.9 Å². The third-order valence-corrected chi connectivity index (χ3v) is 5.22. The number of hydrogen-bond acceptors (Lipinski definition) is 2. The van der Waals surface area contributed by atoms with E-state index < -0.39 is 22.7 Å². The SMILES string of the molecule is C[C@@H]1CCCN(Cc2ccc(C(=O)Nc3ccc(Cl)c(C(F)(F)F)c3)cc2)C1. The third kappa shape index (κ3) is 5.26. The second-order valence-electron chi connectivity index (χ2n) is 7.33. The molecule has 2 aromatic carbocycles. The van der Waals surface area contributed by atoms with Crippen LogP contribution in [0, 0.1) is 5.92 Å². The summed E-state index contributed by atoms with van der Waals surface area (Å²) in [7, 11) is 0. The lowest BCUT2D eigenvalue weighted by Gasteiger charge is -2.30. The molecule has 1 saturated heterocycles. The van der Waals surface area contributed by atoms with E-state index >= 15 is 0 Å². The lowest BCUT2D eigenvalue weighted by molar-refractivity contribution is -0.137. The van der Waals surface area contributed by atoms with E-state index in [1.54, 1.807) is 12.1 Å². The Morgan fingerprint density at radius 3 is 2.57 bits per heavy atom. The first-order valence-electron chi connectivity index (χ1n) is 9.22. The lowest BCUT2D eigenvalue weighted by atomic mass is 9.99. The normalized spacial score (nSPS) is 18.1. The van der Waals surface area contributed by atoms with Gasteiger partial charge in [-0.15, -0.1) is 0 Å². The van der Waals surface area contributed by atoms with Crippen molar-refractivity contribution < 1.29 is 18.0 Å². The van der Waals surface area contributed by atoms with E-state index in [0.29, 0.717) is 11.5 Å². The van der Waals surface area contributed by atoms with Gasteiger partial charge in [-0.2, -0.15) is 13.2 Å². The standard InChI is InChI=1S/C21H22ClF3N2O/c1-14-3-2-10-27(12-14)13-15-4-6-16(7-5-15)20(28)26-17-8-9-19(22)18(11-17)21(23,24)25/h4-9,11,14H,2-3,10,12-13H2,1H3,(H,26,28)/t14-/m1/s1. The number of hydrogen-bond donors (Lipinski definition) is 1. The molecule has 2 aromatic rings. The topological polar surface area (TPSA) is 32.3 Å².